The summed E-state index contributed by atoms with van der Waals surface area (Å²) in [7, 11) is 0. The third-order valence-corrected chi connectivity index (χ3v) is 2.92. The van der Waals surface area contributed by atoms with Crippen LogP contribution >= 0.6 is 11.6 Å². The van der Waals surface area contributed by atoms with Gasteiger partial charge in [-0.25, -0.2) is 0 Å². The van der Waals surface area contributed by atoms with Gasteiger partial charge in [-0.15, -0.1) is 4.91 Å². The largest absolute Gasteiger partial charge is 0.489 e. The molecule has 0 aliphatic rings. The second-order valence-corrected chi connectivity index (χ2v) is 4.67. The van der Waals surface area contributed by atoms with E-state index in [1.54, 1.807) is 0 Å². The summed E-state index contributed by atoms with van der Waals surface area (Å²) in [6.45, 7) is 0.536. The highest BCUT2D eigenvalue weighted by atomic mass is 35.5. The van der Waals surface area contributed by atoms with Gasteiger partial charge in [0.2, 0.25) is 0 Å². The van der Waals surface area contributed by atoms with Crippen molar-refractivity contribution in [2.75, 3.05) is 0 Å². The van der Waals surface area contributed by atoms with Crippen molar-refractivity contribution in [2.45, 2.75) is 18.5 Å². The molecule has 1 atom stereocenters. The molecule has 0 aromatic heterocycles. The Morgan fingerprint density at radius 2 is 1.68 bits per heavy atom. The van der Waals surface area contributed by atoms with Crippen molar-refractivity contribution in [3.8, 4) is 5.75 Å². The van der Waals surface area contributed by atoms with Crippen LogP contribution in [-0.4, -0.2) is 5.50 Å². The lowest BCUT2D eigenvalue weighted by Gasteiger charge is -2.07. The first kappa shape index (κ1) is 13.6. The van der Waals surface area contributed by atoms with Gasteiger partial charge < -0.3 is 4.74 Å². The van der Waals surface area contributed by atoms with E-state index in [4.69, 9.17) is 16.3 Å². The van der Waals surface area contributed by atoms with E-state index in [-0.39, 0.29) is 0 Å². The third-order valence-electron chi connectivity index (χ3n) is 2.69. The minimum Gasteiger partial charge on any atom is -0.489 e. The molecule has 2 aromatic carbocycles. The summed E-state index contributed by atoms with van der Waals surface area (Å²) in [5, 5.41) is 2.77. The first-order valence-electron chi connectivity index (χ1n) is 6.00. The first-order valence-corrected chi connectivity index (χ1v) is 6.44. The SMILES string of the molecule is O=NC(Cl)Cc1ccc(OCc2ccccc2)cc1. The van der Waals surface area contributed by atoms with Crippen molar-refractivity contribution in [2.24, 2.45) is 5.18 Å². The second kappa shape index (κ2) is 6.90. The van der Waals surface area contributed by atoms with E-state index in [2.05, 4.69) is 5.18 Å². The second-order valence-electron chi connectivity index (χ2n) is 4.16. The molecule has 1 unspecified atom stereocenters. The van der Waals surface area contributed by atoms with Gasteiger partial charge in [0.05, 0.1) is 0 Å². The summed E-state index contributed by atoms with van der Waals surface area (Å²) in [6, 6.07) is 17.5. The molecule has 0 aliphatic carbocycles. The Kier molecular flexibility index (Phi) is 4.93. The van der Waals surface area contributed by atoms with Crippen LogP contribution in [0.5, 0.6) is 5.75 Å². The number of ether oxygens (including phenoxy) is 1. The van der Waals surface area contributed by atoms with Crippen LogP contribution in [0.1, 0.15) is 11.1 Å². The summed E-state index contributed by atoms with van der Waals surface area (Å²) in [5.41, 5.74) is 1.38. The zero-order valence-electron chi connectivity index (χ0n) is 10.3. The van der Waals surface area contributed by atoms with Gasteiger partial charge in [0, 0.05) is 6.42 Å². The maximum atomic E-state index is 10.2. The van der Waals surface area contributed by atoms with Crippen molar-refractivity contribution in [1.29, 1.82) is 0 Å². The highest BCUT2D eigenvalue weighted by Gasteiger charge is 2.05. The summed E-state index contributed by atoms with van der Waals surface area (Å²) in [4.78, 5) is 10.2. The van der Waals surface area contributed by atoms with E-state index in [1.165, 1.54) is 0 Å². The molecule has 0 saturated heterocycles. The Morgan fingerprint density at radius 3 is 2.32 bits per heavy atom. The van der Waals surface area contributed by atoms with Gasteiger partial charge in [0.15, 0.2) is 5.50 Å². The van der Waals surface area contributed by atoms with Crippen molar-refractivity contribution in [3.63, 3.8) is 0 Å². The molecule has 4 heteroatoms. The number of benzene rings is 2. The lowest BCUT2D eigenvalue weighted by molar-refractivity contribution is 0.306. The Morgan fingerprint density at radius 1 is 1.00 bits per heavy atom. The Bertz CT molecular complexity index is 513. The van der Waals surface area contributed by atoms with Gasteiger partial charge >= 0.3 is 0 Å². The zero-order chi connectivity index (χ0) is 13.5. The molecule has 98 valence electrons. The molecule has 19 heavy (non-hydrogen) atoms. The van der Waals surface area contributed by atoms with Crippen LogP contribution in [0, 0.1) is 4.91 Å². The lowest BCUT2D eigenvalue weighted by Crippen LogP contribution is -1.99. The summed E-state index contributed by atoms with van der Waals surface area (Å²) in [5.74, 6) is 0.790. The molecule has 0 N–H and O–H groups in total. The van der Waals surface area contributed by atoms with Crippen LogP contribution in [0.2, 0.25) is 0 Å². The highest BCUT2D eigenvalue weighted by Crippen LogP contribution is 2.16. The summed E-state index contributed by atoms with van der Waals surface area (Å²) >= 11 is 5.67. The molecule has 0 aliphatic heterocycles. The monoisotopic (exact) mass is 275 g/mol. The smallest absolute Gasteiger partial charge is 0.169 e. The van der Waals surface area contributed by atoms with E-state index >= 15 is 0 Å². The number of hydrogen-bond acceptors (Lipinski definition) is 3. The molecular formula is C15H14ClNO2. The maximum absolute atomic E-state index is 10.2. The van der Waals surface area contributed by atoms with E-state index in [0.717, 1.165) is 16.9 Å². The average Bonchev–Trinajstić information content (AvgIpc) is 2.47. The van der Waals surface area contributed by atoms with Crippen LogP contribution in [0.15, 0.2) is 59.8 Å². The predicted molar refractivity (Wildman–Crippen MR) is 76.4 cm³/mol. The Labute approximate surface area is 117 Å². The lowest BCUT2D eigenvalue weighted by atomic mass is 10.1. The van der Waals surface area contributed by atoms with Crippen molar-refractivity contribution in [3.05, 3.63) is 70.6 Å². The van der Waals surface area contributed by atoms with Crippen LogP contribution in [0.25, 0.3) is 0 Å². The van der Waals surface area contributed by atoms with Gasteiger partial charge in [-0.2, -0.15) is 0 Å². The van der Waals surface area contributed by atoms with E-state index in [1.807, 2.05) is 54.6 Å². The van der Waals surface area contributed by atoms with E-state index < -0.39 is 5.50 Å². The molecule has 2 rings (SSSR count). The molecule has 2 aromatic rings. The summed E-state index contributed by atoms with van der Waals surface area (Å²) < 4.78 is 5.66. The molecule has 0 radical (unpaired) electrons. The quantitative estimate of drug-likeness (QED) is 0.451. The normalized spacial score (nSPS) is 11.8. The third kappa shape index (κ3) is 4.38. The number of alkyl halides is 1. The molecule has 0 heterocycles. The fourth-order valence-electron chi connectivity index (χ4n) is 1.69. The van der Waals surface area contributed by atoms with Gasteiger partial charge in [-0.05, 0) is 28.4 Å². The predicted octanol–water partition coefficient (Wildman–Crippen LogP) is 4.14. The van der Waals surface area contributed by atoms with Gasteiger partial charge in [0.25, 0.3) is 0 Å². The van der Waals surface area contributed by atoms with Crippen molar-refractivity contribution in [1.82, 2.24) is 0 Å². The minimum atomic E-state index is -0.712. The molecule has 0 bridgehead atoms. The average molecular weight is 276 g/mol. The molecule has 0 spiro atoms. The number of hydrogen-bond donors (Lipinski definition) is 0. The fourth-order valence-corrected chi connectivity index (χ4v) is 1.87. The molecule has 0 amide bonds. The van der Waals surface area contributed by atoms with Gasteiger partial charge in [0.1, 0.15) is 12.4 Å². The first-order chi connectivity index (χ1) is 9.28. The molecule has 0 saturated carbocycles. The number of nitrogens with zero attached hydrogens (tertiary/aromatic N) is 1. The zero-order valence-corrected chi connectivity index (χ0v) is 11.1. The van der Waals surface area contributed by atoms with Gasteiger partial charge in [-0.3, -0.25) is 0 Å². The van der Waals surface area contributed by atoms with Crippen LogP contribution in [-0.2, 0) is 13.0 Å². The molecular weight excluding hydrogens is 262 g/mol. The van der Waals surface area contributed by atoms with Crippen LogP contribution < -0.4 is 4.74 Å². The minimum absolute atomic E-state index is 0.435. The van der Waals surface area contributed by atoms with E-state index in [0.29, 0.717) is 13.0 Å². The molecule has 3 nitrogen and oxygen atoms in total. The fraction of sp³-hybridized carbons (Fsp3) is 0.200. The van der Waals surface area contributed by atoms with Gasteiger partial charge in [-0.1, -0.05) is 54.1 Å². The van der Waals surface area contributed by atoms with E-state index in [9.17, 15) is 4.91 Å². The Balaban J connectivity index is 1.90. The maximum Gasteiger partial charge on any atom is 0.169 e. The standard InChI is InChI=1S/C15H14ClNO2/c16-15(17-18)10-12-6-8-14(9-7-12)19-11-13-4-2-1-3-5-13/h1-9,15H,10-11H2. The highest BCUT2D eigenvalue weighted by molar-refractivity contribution is 6.20. The summed E-state index contributed by atoms with van der Waals surface area (Å²) in [6.07, 6.45) is 0.435. The van der Waals surface area contributed by atoms with Crippen molar-refractivity contribution >= 4 is 11.6 Å². The number of nitroso groups, excluding NO2 is 1. The number of rotatable bonds is 6. The topological polar surface area (TPSA) is 38.7 Å². The number of halogens is 1. The van der Waals surface area contributed by atoms with Crippen molar-refractivity contribution < 1.29 is 4.74 Å². The van der Waals surface area contributed by atoms with Crippen LogP contribution in [0.4, 0.5) is 0 Å². The Hall–Kier alpha value is -1.87. The van der Waals surface area contributed by atoms with Crippen LogP contribution in [0.3, 0.4) is 0 Å². The molecule has 0 fully saturated rings.